The molecule has 0 aliphatic heterocycles. The van der Waals surface area contributed by atoms with Crippen LogP contribution in [0.2, 0.25) is 0 Å². The van der Waals surface area contributed by atoms with E-state index in [2.05, 4.69) is 34.3 Å². The van der Waals surface area contributed by atoms with Gasteiger partial charge in [-0.3, -0.25) is 5.43 Å². The first-order valence-corrected chi connectivity index (χ1v) is 5.63. The highest BCUT2D eigenvalue weighted by Gasteiger charge is 2.33. The zero-order valence-corrected chi connectivity index (χ0v) is 10.1. The molecule has 0 amide bonds. The Morgan fingerprint density at radius 2 is 2.25 bits per heavy atom. The van der Waals surface area contributed by atoms with E-state index in [9.17, 15) is 0 Å². The molecule has 1 aliphatic rings. The highest BCUT2D eigenvalue weighted by Crippen LogP contribution is 2.38. The number of nitrogens with zero attached hydrogens (tertiary/aromatic N) is 3. The fourth-order valence-electron chi connectivity index (χ4n) is 1.91. The van der Waals surface area contributed by atoms with E-state index in [0.717, 1.165) is 29.9 Å². The van der Waals surface area contributed by atoms with E-state index in [1.165, 1.54) is 6.42 Å². The first-order chi connectivity index (χ1) is 7.60. The molecule has 2 rings (SSSR count). The fourth-order valence-corrected chi connectivity index (χ4v) is 1.91. The molecule has 2 unspecified atom stereocenters. The molecule has 5 heteroatoms. The summed E-state index contributed by atoms with van der Waals surface area (Å²) >= 11 is 0. The van der Waals surface area contributed by atoms with Crippen molar-refractivity contribution in [3.05, 3.63) is 11.8 Å². The average Bonchev–Trinajstić information content (AvgIpc) is 2.93. The predicted octanol–water partition coefficient (Wildman–Crippen LogP) is 1.16. The molecule has 0 saturated heterocycles. The lowest BCUT2D eigenvalue weighted by atomic mass is 10.3. The standard InChI is InChI=1S/C11H19N5/c1-7-4-9(7)6-16(3)10-5-8(2)13-11(14-10)15-12/h5,7,9H,4,6,12H2,1-3H3,(H,13,14,15). The second-order valence-electron chi connectivity index (χ2n) is 4.69. The van der Waals surface area contributed by atoms with Crippen LogP contribution in [-0.4, -0.2) is 23.6 Å². The summed E-state index contributed by atoms with van der Waals surface area (Å²) in [7, 11) is 2.06. The SMILES string of the molecule is Cc1cc(N(C)CC2CC2C)nc(NN)n1. The highest BCUT2D eigenvalue weighted by molar-refractivity contribution is 5.43. The van der Waals surface area contributed by atoms with Crippen LogP contribution in [0.15, 0.2) is 6.07 Å². The Labute approximate surface area is 96.0 Å². The van der Waals surface area contributed by atoms with E-state index in [1.54, 1.807) is 0 Å². The van der Waals surface area contributed by atoms with Gasteiger partial charge < -0.3 is 4.90 Å². The van der Waals surface area contributed by atoms with Gasteiger partial charge in [0.25, 0.3) is 0 Å². The van der Waals surface area contributed by atoms with Gasteiger partial charge in [-0.1, -0.05) is 6.92 Å². The van der Waals surface area contributed by atoms with Crippen LogP contribution < -0.4 is 16.2 Å². The van der Waals surface area contributed by atoms with Gasteiger partial charge in [-0.2, -0.15) is 4.98 Å². The van der Waals surface area contributed by atoms with Gasteiger partial charge in [0.05, 0.1) is 0 Å². The quantitative estimate of drug-likeness (QED) is 0.590. The van der Waals surface area contributed by atoms with Crippen molar-refractivity contribution in [1.29, 1.82) is 0 Å². The highest BCUT2D eigenvalue weighted by atomic mass is 15.3. The molecular formula is C11H19N5. The van der Waals surface area contributed by atoms with Crippen LogP contribution >= 0.6 is 0 Å². The third-order valence-electron chi connectivity index (χ3n) is 3.15. The molecule has 3 N–H and O–H groups in total. The number of aromatic nitrogens is 2. The summed E-state index contributed by atoms with van der Waals surface area (Å²) in [5, 5.41) is 0. The number of hydrogen-bond donors (Lipinski definition) is 2. The lowest BCUT2D eigenvalue weighted by molar-refractivity contribution is 0.718. The number of nitrogens with two attached hydrogens (primary N) is 1. The number of hydrogen-bond acceptors (Lipinski definition) is 5. The van der Waals surface area contributed by atoms with Crippen molar-refractivity contribution in [1.82, 2.24) is 9.97 Å². The van der Waals surface area contributed by atoms with Gasteiger partial charge in [-0.05, 0) is 25.2 Å². The van der Waals surface area contributed by atoms with Crippen LogP contribution in [0.4, 0.5) is 11.8 Å². The topological polar surface area (TPSA) is 67.1 Å². The fraction of sp³-hybridized carbons (Fsp3) is 0.636. The number of hydrazine groups is 1. The van der Waals surface area contributed by atoms with E-state index >= 15 is 0 Å². The Morgan fingerprint density at radius 3 is 2.81 bits per heavy atom. The average molecular weight is 221 g/mol. The molecule has 16 heavy (non-hydrogen) atoms. The second kappa shape index (κ2) is 4.25. The molecule has 2 atom stereocenters. The lowest BCUT2D eigenvalue weighted by Gasteiger charge is -2.18. The minimum Gasteiger partial charge on any atom is -0.359 e. The molecule has 1 fully saturated rings. The monoisotopic (exact) mass is 221 g/mol. The van der Waals surface area contributed by atoms with Gasteiger partial charge in [0.15, 0.2) is 0 Å². The molecule has 88 valence electrons. The Balaban J connectivity index is 2.09. The summed E-state index contributed by atoms with van der Waals surface area (Å²) in [4.78, 5) is 10.7. The maximum Gasteiger partial charge on any atom is 0.239 e. The Bertz CT molecular complexity index is 379. The molecular weight excluding hydrogens is 202 g/mol. The molecule has 1 aliphatic carbocycles. The van der Waals surface area contributed by atoms with E-state index in [1.807, 2.05) is 13.0 Å². The smallest absolute Gasteiger partial charge is 0.239 e. The first-order valence-electron chi connectivity index (χ1n) is 5.63. The van der Waals surface area contributed by atoms with Crippen molar-refractivity contribution in [3.63, 3.8) is 0 Å². The summed E-state index contributed by atoms with van der Waals surface area (Å²) in [6.45, 7) is 5.29. The third-order valence-corrected chi connectivity index (χ3v) is 3.15. The van der Waals surface area contributed by atoms with Crippen LogP contribution in [0.5, 0.6) is 0 Å². The van der Waals surface area contributed by atoms with Gasteiger partial charge >= 0.3 is 0 Å². The molecule has 1 aromatic rings. The van der Waals surface area contributed by atoms with Crippen LogP contribution in [0, 0.1) is 18.8 Å². The van der Waals surface area contributed by atoms with Gasteiger partial charge in [0, 0.05) is 25.4 Å². The van der Waals surface area contributed by atoms with Gasteiger partial charge in [-0.25, -0.2) is 10.8 Å². The maximum absolute atomic E-state index is 5.33. The largest absolute Gasteiger partial charge is 0.359 e. The molecule has 0 bridgehead atoms. The summed E-state index contributed by atoms with van der Waals surface area (Å²) in [6.07, 6.45) is 1.33. The van der Waals surface area contributed by atoms with Gasteiger partial charge in [0.1, 0.15) is 5.82 Å². The minimum atomic E-state index is 0.477. The van der Waals surface area contributed by atoms with Crippen molar-refractivity contribution in [2.75, 3.05) is 23.9 Å². The summed E-state index contributed by atoms with van der Waals surface area (Å²) in [5.74, 6) is 8.41. The summed E-state index contributed by atoms with van der Waals surface area (Å²) in [5.41, 5.74) is 3.42. The molecule has 1 saturated carbocycles. The molecule has 0 radical (unpaired) electrons. The minimum absolute atomic E-state index is 0.477. The van der Waals surface area contributed by atoms with E-state index < -0.39 is 0 Å². The normalized spacial score (nSPS) is 23.0. The van der Waals surface area contributed by atoms with Crippen molar-refractivity contribution in [2.45, 2.75) is 20.3 Å². The van der Waals surface area contributed by atoms with Gasteiger partial charge in [-0.15, -0.1) is 0 Å². The summed E-state index contributed by atoms with van der Waals surface area (Å²) in [6, 6.07) is 1.98. The molecule has 1 heterocycles. The molecule has 0 spiro atoms. The number of nitrogens with one attached hydrogen (secondary N) is 1. The summed E-state index contributed by atoms with van der Waals surface area (Å²) < 4.78 is 0. The van der Waals surface area contributed by atoms with E-state index in [4.69, 9.17) is 5.84 Å². The van der Waals surface area contributed by atoms with Crippen LogP contribution in [0.25, 0.3) is 0 Å². The molecule has 0 aromatic carbocycles. The van der Waals surface area contributed by atoms with Gasteiger partial charge in [0.2, 0.25) is 5.95 Å². The van der Waals surface area contributed by atoms with E-state index in [0.29, 0.717) is 5.95 Å². The van der Waals surface area contributed by atoms with Crippen LogP contribution in [-0.2, 0) is 0 Å². The number of anilines is 2. The molecule has 1 aromatic heterocycles. The number of nitrogen functional groups attached to an aromatic ring is 1. The third kappa shape index (κ3) is 2.41. The van der Waals surface area contributed by atoms with Crippen molar-refractivity contribution in [3.8, 4) is 0 Å². The Kier molecular flexibility index (Phi) is 2.96. The van der Waals surface area contributed by atoms with Crippen molar-refractivity contribution in [2.24, 2.45) is 17.7 Å². The van der Waals surface area contributed by atoms with Crippen molar-refractivity contribution < 1.29 is 0 Å². The van der Waals surface area contributed by atoms with Crippen molar-refractivity contribution >= 4 is 11.8 Å². The van der Waals surface area contributed by atoms with Crippen LogP contribution in [0.1, 0.15) is 19.0 Å². The Hall–Kier alpha value is -1.36. The molecule has 5 nitrogen and oxygen atoms in total. The van der Waals surface area contributed by atoms with E-state index in [-0.39, 0.29) is 0 Å². The second-order valence-corrected chi connectivity index (χ2v) is 4.69. The zero-order chi connectivity index (χ0) is 11.7. The zero-order valence-electron chi connectivity index (χ0n) is 10.1. The number of rotatable bonds is 4. The lowest BCUT2D eigenvalue weighted by Crippen LogP contribution is -2.23. The number of aryl methyl sites for hydroxylation is 1. The Morgan fingerprint density at radius 1 is 1.56 bits per heavy atom. The predicted molar refractivity (Wildman–Crippen MR) is 65.1 cm³/mol. The first kappa shape index (κ1) is 11.1. The van der Waals surface area contributed by atoms with Crippen LogP contribution in [0.3, 0.4) is 0 Å². The maximum atomic E-state index is 5.33.